The number of carbonyl (C=O) groups excluding carboxylic acids is 3. The van der Waals surface area contributed by atoms with Crippen molar-refractivity contribution in [3.63, 3.8) is 0 Å². The molecule has 4 fully saturated rings. The lowest BCUT2D eigenvalue weighted by Gasteiger charge is -2.38. The standard InChI is InChI=1S/C34H45N5O3/c35-33(41)28-13-11-25(18-29(28)36-20-23-8-9-23)34(42)38-27-17-24-7-4-16-39(30(24)19-27)32-15-12-26(21-37-32)31(40)14-10-22-5-2-1-3-6-22/h11-13,15,18,21-24,27,30,36H,1-10,14,16-17,19-20H2,(H2,35,41)(H,38,42). The molecule has 224 valence electrons. The van der Waals surface area contributed by atoms with E-state index in [0.717, 1.165) is 51.0 Å². The smallest absolute Gasteiger partial charge is 0.251 e. The summed E-state index contributed by atoms with van der Waals surface area (Å²) in [6, 6.07) is 9.46. The molecule has 3 aliphatic carbocycles. The Morgan fingerprint density at radius 2 is 1.71 bits per heavy atom. The topological polar surface area (TPSA) is 117 Å². The van der Waals surface area contributed by atoms with Crippen molar-refractivity contribution in [2.75, 3.05) is 23.3 Å². The number of amides is 2. The minimum absolute atomic E-state index is 0.0763. The van der Waals surface area contributed by atoms with E-state index in [1.165, 1.54) is 44.9 Å². The summed E-state index contributed by atoms with van der Waals surface area (Å²) in [5, 5.41) is 6.59. The summed E-state index contributed by atoms with van der Waals surface area (Å²) in [5.74, 6) is 2.34. The first-order chi connectivity index (χ1) is 20.4. The summed E-state index contributed by atoms with van der Waals surface area (Å²) < 4.78 is 0. The third-order valence-electron chi connectivity index (χ3n) is 10.1. The number of anilines is 2. The van der Waals surface area contributed by atoms with E-state index in [4.69, 9.17) is 10.7 Å². The van der Waals surface area contributed by atoms with Crippen LogP contribution in [0.1, 0.15) is 115 Å². The number of carbonyl (C=O) groups is 3. The minimum Gasteiger partial charge on any atom is -0.384 e. The van der Waals surface area contributed by atoms with Gasteiger partial charge in [0.25, 0.3) is 11.8 Å². The maximum Gasteiger partial charge on any atom is 0.251 e. The Morgan fingerprint density at radius 3 is 2.45 bits per heavy atom. The lowest BCUT2D eigenvalue weighted by Crippen LogP contribution is -2.43. The number of nitrogens with zero attached hydrogens (tertiary/aromatic N) is 2. The number of primary amides is 1. The van der Waals surface area contributed by atoms with Crippen LogP contribution in [-0.2, 0) is 0 Å². The van der Waals surface area contributed by atoms with Gasteiger partial charge in [-0.15, -0.1) is 0 Å². The van der Waals surface area contributed by atoms with Crippen LogP contribution in [0, 0.1) is 17.8 Å². The fourth-order valence-corrected chi connectivity index (χ4v) is 7.45. The average Bonchev–Trinajstić information content (AvgIpc) is 3.76. The molecule has 8 nitrogen and oxygen atoms in total. The zero-order valence-corrected chi connectivity index (χ0v) is 24.7. The van der Waals surface area contributed by atoms with Crippen LogP contribution < -0.4 is 21.3 Å². The van der Waals surface area contributed by atoms with Crippen molar-refractivity contribution in [1.29, 1.82) is 0 Å². The van der Waals surface area contributed by atoms with E-state index in [1.54, 1.807) is 24.4 Å². The SMILES string of the molecule is NC(=O)c1ccc(C(=O)NC2CC3CCCN(c4ccc(C(=O)CCC5CCCCC5)cn4)C3C2)cc1NCC1CC1. The number of ketones is 1. The van der Waals surface area contributed by atoms with Crippen LogP contribution >= 0.6 is 0 Å². The predicted molar refractivity (Wildman–Crippen MR) is 165 cm³/mol. The number of nitrogens with two attached hydrogens (primary N) is 1. The molecular formula is C34H45N5O3. The number of fused-ring (bicyclic) bond motifs is 1. The van der Waals surface area contributed by atoms with Crippen molar-refractivity contribution < 1.29 is 14.4 Å². The number of nitrogens with one attached hydrogen (secondary N) is 2. The van der Waals surface area contributed by atoms with Gasteiger partial charge < -0.3 is 21.3 Å². The van der Waals surface area contributed by atoms with Crippen LogP contribution in [0.15, 0.2) is 36.5 Å². The molecule has 6 rings (SSSR count). The first-order valence-corrected chi connectivity index (χ1v) is 16.2. The van der Waals surface area contributed by atoms with Crippen LogP contribution in [0.5, 0.6) is 0 Å². The highest BCUT2D eigenvalue weighted by molar-refractivity contribution is 6.02. The Morgan fingerprint density at radius 1 is 0.905 bits per heavy atom. The molecule has 2 aromatic rings. The van der Waals surface area contributed by atoms with Gasteiger partial charge in [-0.2, -0.15) is 0 Å². The molecule has 2 amide bonds. The minimum atomic E-state index is -0.495. The van der Waals surface area contributed by atoms with Crippen LogP contribution in [0.2, 0.25) is 0 Å². The Balaban J connectivity index is 1.06. The van der Waals surface area contributed by atoms with Gasteiger partial charge in [-0.1, -0.05) is 32.1 Å². The number of benzene rings is 1. The Labute approximate surface area is 249 Å². The second kappa shape index (κ2) is 12.8. The molecule has 1 aromatic heterocycles. The number of aromatic nitrogens is 1. The van der Waals surface area contributed by atoms with Crippen LogP contribution in [0.3, 0.4) is 0 Å². The fourth-order valence-electron chi connectivity index (χ4n) is 7.45. The molecule has 42 heavy (non-hydrogen) atoms. The molecule has 0 spiro atoms. The predicted octanol–water partition coefficient (Wildman–Crippen LogP) is 5.72. The van der Waals surface area contributed by atoms with E-state index in [9.17, 15) is 14.4 Å². The Hall–Kier alpha value is -3.42. The van der Waals surface area contributed by atoms with Crippen molar-refractivity contribution in [3.8, 4) is 0 Å². The van der Waals surface area contributed by atoms with Crippen LogP contribution in [0.4, 0.5) is 11.5 Å². The van der Waals surface area contributed by atoms with Crippen LogP contribution in [0.25, 0.3) is 0 Å². The van der Waals surface area contributed by atoms with E-state index in [1.807, 2.05) is 12.1 Å². The molecule has 4 aliphatic rings. The molecule has 2 heterocycles. The van der Waals surface area contributed by atoms with E-state index in [-0.39, 0.29) is 17.7 Å². The van der Waals surface area contributed by atoms with Gasteiger partial charge in [0.05, 0.1) is 5.56 Å². The lowest BCUT2D eigenvalue weighted by molar-refractivity contribution is 0.0933. The van der Waals surface area contributed by atoms with Gasteiger partial charge in [0.1, 0.15) is 5.82 Å². The normalized spacial score (nSPS) is 24.2. The van der Waals surface area contributed by atoms with Gasteiger partial charge >= 0.3 is 0 Å². The summed E-state index contributed by atoms with van der Waals surface area (Å²) in [5.41, 5.74) is 7.89. The van der Waals surface area contributed by atoms with Gasteiger partial charge in [0, 0.05) is 54.6 Å². The molecule has 1 aromatic carbocycles. The Bertz CT molecular complexity index is 1280. The first kappa shape index (κ1) is 28.7. The molecule has 3 saturated carbocycles. The zero-order chi connectivity index (χ0) is 29.1. The second-order valence-corrected chi connectivity index (χ2v) is 13.1. The molecule has 8 heteroatoms. The molecule has 3 unspecified atom stereocenters. The monoisotopic (exact) mass is 571 g/mol. The summed E-state index contributed by atoms with van der Waals surface area (Å²) in [4.78, 5) is 45.2. The third kappa shape index (κ3) is 6.79. The number of hydrogen-bond donors (Lipinski definition) is 3. The molecule has 1 saturated heterocycles. The van der Waals surface area contributed by atoms with E-state index < -0.39 is 5.91 Å². The van der Waals surface area contributed by atoms with Crippen molar-refractivity contribution in [3.05, 3.63) is 53.2 Å². The third-order valence-corrected chi connectivity index (χ3v) is 10.1. The number of pyridine rings is 1. The highest BCUT2D eigenvalue weighted by Crippen LogP contribution is 2.39. The maximum atomic E-state index is 13.3. The number of piperidine rings is 1. The maximum absolute atomic E-state index is 13.3. The molecular weight excluding hydrogens is 526 g/mol. The van der Waals surface area contributed by atoms with Gasteiger partial charge in [0.15, 0.2) is 5.78 Å². The van der Waals surface area contributed by atoms with Crippen molar-refractivity contribution >= 4 is 29.1 Å². The molecule has 0 radical (unpaired) electrons. The van der Waals surface area contributed by atoms with Crippen molar-refractivity contribution in [1.82, 2.24) is 10.3 Å². The molecule has 1 aliphatic heterocycles. The number of rotatable bonds is 11. The highest BCUT2D eigenvalue weighted by atomic mass is 16.2. The summed E-state index contributed by atoms with van der Waals surface area (Å²) in [6.45, 7) is 1.73. The summed E-state index contributed by atoms with van der Waals surface area (Å²) in [7, 11) is 0. The second-order valence-electron chi connectivity index (χ2n) is 13.1. The van der Waals surface area contributed by atoms with Crippen LogP contribution in [-0.4, -0.2) is 47.8 Å². The molecule has 4 N–H and O–H groups in total. The molecule has 0 bridgehead atoms. The molecule has 3 atom stereocenters. The first-order valence-electron chi connectivity index (χ1n) is 16.2. The largest absolute Gasteiger partial charge is 0.384 e. The average molecular weight is 572 g/mol. The highest BCUT2D eigenvalue weighted by Gasteiger charge is 2.41. The van der Waals surface area contributed by atoms with E-state index in [0.29, 0.717) is 52.6 Å². The van der Waals surface area contributed by atoms with Crippen molar-refractivity contribution in [2.45, 2.75) is 95.6 Å². The summed E-state index contributed by atoms with van der Waals surface area (Å²) in [6.07, 6.45) is 16.3. The van der Waals surface area contributed by atoms with Crippen molar-refractivity contribution in [2.24, 2.45) is 23.5 Å². The fraction of sp³-hybridized carbons (Fsp3) is 0.588. The Kier molecular flexibility index (Phi) is 8.77. The van der Waals surface area contributed by atoms with Gasteiger partial charge in [-0.05, 0) is 93.0 Å². The van der Waals surface area contributed by atoms with Gasteiger partial charge in [0.2, 0.25) is 0 Å². The lowest BCUT2D eigenvalue weighted by atomic mass is 9.85. The van der Waals surface area contributed by atoms with Gasteiger partial charge in [-0.3, -0.25) is 14.4 Å². The number of hydrogen-bond acceptors (Lipinski definition) is 6. The van der Waals surface area contributed by atoms with E-state index in [2.05, 4.69) is 15.5 Å². The quantitative estimate of drug-likeness (QED) is 0.297. The number of Topliss-reactive ketones (excluding diaryl/α,β-unsaturated/α-hetero) is 1. The van der Waals surface area contributed by atoms with Gasteiger partial charge in [-0.25, -0.2) is 4.98 Å². The van der Waals surface area contributed by atoms with E-state index >= 15 is 0 Å². The summed E-state index contributed by atoms with van der Waals surface area (Å²) >= 11 is 0. The zero-order valence-electron chi connectivity index (χ0n) is 24.7.